The molecule has 0 aliphatic carbocycles. The third kappa shape index (κ3) is 6.23. The van der Waals surface area contributed by atoms with Crippen LogP contribution in [-0.2, 0) is 9.53 Å². The highest BCUT2D eigenvalue weighted by atomic mass is 19.4. The van der Waals surface area contributed by atoms with Crippen molar-refractivity contribution in [3.8, 4) is 5.75 Å². The molecule has 0 bridgehead atoms. The fraction of sp³-hybridized carbons (Fsp3) is 0.174. The maximum atomic E-state index is 12.2. The van der Waals surface area contributed by atoms with Crippen molar-refractivity contribution in [2.24, 2.45) is 20.5 Å². The van der Waals surface area contributed by atoms with Crippen molar-refractivity contribution < 1.29 is 27.4 Å². The van der Waals surface area contributed by atoms with Gasteiger partial charge in [-0.2, -0.15) is 33.6 Å². The molecule has 3 aromatic rings. The molecule has 11 heteroatoms. The molecule has 1 fully saturated rings. The highest BCUT2D eigenvalue weighted by molar-refractivity contribution is 5.78. The molecule has 4 rings (SSSR count). The number of hydrogen-bond acceptors (Lipinski definition) is 8. The Labute approximate surface area is 192 Å². The molecule has 0 unspecified atom stereocenters. The maximum Gasteiger partial charge on any atom is 0.491 e. The quantitative estimate of drug-likeness (QED) is 0.226. The second-order valence-corrected chi connectivity index (χ2v) is 7.11. The average Bonchev–Trinajstić information content (AvgIpc) is 3.38. The van der Waals surface area contributed by atoms with Crippen molar-refractivity contribution in [3.05, 3.63) is 72.8 Å². The molecule has 0 radical (unpaired) electrons. The van der Waals surface area contributed by atoms with E-state index in [2.05, 4.69) is 30.1 Å². The molecule has 0 saturated carbocycles. The number of rotatable bonds is 6. The molecule has 1 aliphatic rings. The lowest BCUT2D eigenvalue weighted by Gasteiger charge is -2.15. The number of anilines is 1. The van der Waals surface area contributed by atoms with Gasteiger partial charge in [0.2, 0.25) is 0 Å². The highest BCUT2D eigenvalue weighted by Crippen LogP contribution is 2.26. The number of carbonyl (C=O) groups excluding carboxylic acids is 1. The van der Waals surface area contributed by atoms with E-state index in [9.17, 15) is 18.0 Å². The van der Waals surface area contributed by atoms with Crippen molar-refractivity contribution in [2.45, 2.75) is 6.18 Å². The number of carbonyl (C=O) groups is 1. The third-order valence-corrected chi connectivity index (χ3v) is 4.66. The Hall–Kier alpha value is -4.12. The summed E-state index contributed by atoms with van der Waals surface area (Å²) in [5.74, 6) is -2.52. The lowest BCUT2D eigenvalue weighted by Crippen LogP contribution is -2.27. The van der Waals surface area contributed by atoms with E-state index < -0.39 is 12.1 Å². The average molecular weight is 469 g/mol. The fourth-order valence-corrected chi connectivity index (χ4v) is 2.91. The minimum atomic E-state index is -5.06. The van der Waals surface area contributed by atoms with E-state index in [0.29, 0.717) is 23.8 Å². The second-order valence-electron chi connectivity index (χ2n) is 7.11. The van der Waals surface area contributed by atoms with E-state index in [1.165, 1.54) is 24.3 Å². The molecule has 8 nitrogen and oxygen atoms in total. The second kappa shape index (κ2) is 10.2. The molecule has 0 amide bonds. The number of alkyl halides is 3. The standard InChI is InChI=1S/C23H18F3N5O3/c24-23(25,26)22(32)34-21-11-7-19(8-12-21)30-28-17-3-1-16(2-4-17)27-29-18-5-9-20(10-6-18)31-13-14-33-15-31/h1-12H,13-15H2. The van der Waals surface area contributed by atoms with Crippen molar-refractivity contribution >= 4 is 34.4 Å². The van der Waals surface area contributed by atoms with Crippen molar-refractivity contribution in [1.29, 1.82) is 0 Å². The topological polar surface area (TPSA) is 88.2 Å². The Morgan fingerprint density at radius 3 is 1.62 bits per heavy atom. The zero-order valence-electron chi connectivity index (χ0n) is 17.6. The van der Waals surface area contributed by atoms with Gasteiger partial charge in [-0.3, -0.25) is 0 Å². The minimum absolute atomic E-state index is 0.240. The maximum absolute atomic E-state index is 12.2. The number of ether oxygens (including phenoxy) is 2. The van der Waals surface area contributed by atoms with Gasteiger partial charge >= 0.3 is 12.1 Å². The van der Waals surface area contributed by atoms with Gasteiger partial charge in [-0.25, -0.2) is 4.79 Å². The van der Waals surface area contributed by atoms with Crippen molar-refractivity contribution in [3.63, 3.8) is 0 Å². The zero-order valence-corrected chi connectivity index (χ0v) is 17.6. The predicted molar refractivity (Wildman–Crippen MR) is 118 cm³/mol. The van der Waals surface area contributed by atoms with Crippen molar-refractivity contribution in [1.82, 2.24) is 0 Å². The fourth-order valence-electron chi connectivity index (χ4n) is 2.91. The molecular weight excluding hydrogens is 451 g/mol. The van der Waals surface area contributed by atoms with Gasteiger partial charge in [0.05, 0.1) is 29.4 Å². The third-order valence-electron chi connectivity index (χ3n) is 4.66. The SMILES string of the molecule is O=C(Oc1ccc(N=Nc2ccc(N=Nc3ccc(N4CCOC4)cc3)cc2)cc1)C(F)(F)F. The zero-order chi connectivity index (χ0) is 24.0. The first kappa shape index (κ1) is 23.1. The number of esters is 1. The summed E-state index contributed by atoms with van der Waals surface area (Å²) < 4.78 is 46.3. The smallest absolute Gasteiger partial charge is 0.420 e. The largest absolute Gasteiger partial charge is 0.491 e. The van der Waals surface area contributed by atoms with Crippen LogP contribution in [0.1, 0.15) is 0 Å². The summed E-state index contributed by atoms with van der Waals surface area (Å²) in [6.45, 7) is 2.19. The van der Waals surface area contributed by atoms with Crippen LogP contribution in [0.25, 0.3) is 0 Å². The first-order chi connectivity index (χ1) is 16.4. The normalized spacial score (nSPS) is 14.3. The lowest BCUT2D eigenvalue weighted by atomic mass is 10.2. The van der Waals surface area contributed by atoms with Crippen LogP contribution in [0.3, 0.4) is 0 Å². The van der Waals surface area contributed by atoms with E-state index in [1.54, 1.807) is 24.3 Å². The molecule has 0 spiro atoms. The van der Waals surface area contributed by atoms with Gasteiger partial charge in [-0.05, 0) is 72.8 Å². The Balaban J connectivity index is 1.32. The van der Waals surface area contributed by atoms with Gasteiger partial charge in [0.15, 0.2) is 0 Å². The molecule has 0 aromatic heterocycles. The molecule has 34 heavy (non-hydrogen) atoms. The van der Waals surface area contributed by atoms with E-state index >= 15 is 0 Å². The highest BCUT2D eigenvalue weighted by Gasteiger charge is 2.41. The van der Waals surface area contributed by atoms with E-state index in [4.69, 9.17) is 4.74 Å². The van der Waals surface area contributed by atoms with Gasteiger partial charge in [0.1, 0.15) is 12.5 Å². The molecular formula is C23H18F3N5O3. The number of azo groups is 2. The predicted octanol–water partition coefficient (Wildman–Crippen LogP) is 6.78. The summed E-state index contributed by atoms with van der Waals surface area (Å²) in [6.07, 6.45) is -5.06. The van der Waals surface area contributed by atoms with Crippen LogP contribution in [0, 0.1) is 0 Å². The van der Waals surface area contributed by atoms with Crippen LogP contribution in [0.2, 0.25) is 0 Å². The number of hydrogen-bond donors (Lipinski definition) is 0. The molecule has 1 saturated heterocycles. The Morgan fingerprint density at radius 2 is 1.21 bits per heavy atom. The molecule has 0 N–H and O–H groups in total. The molecule has 174 valence electrons. The van der Waals surface area contributed by atoms with Gasteiger partial charge in [0, 0.05) is 12.2 Å². The minimum Gasteiger partial charge on any atom is -0.420 e. The van der Waals surface area contributed by atoms with Gasteiger partial charge in [-0.1, -0.05) is 0 Å². The summed E-state index contributed by atoms with van der Waals surface area (Å²) in [4.78, 5) is 13.0. The van der Waals surface area contributed by atoms with E-state index in [0.717, 1.165) is 24.5 Å². The van der Waals surface area contributed by atoms with Gasteiger partial charge in [0.25, 0.3) is 0 Å². The van der Waals surface area contributed by atoms with E-state index in [-0.39, 0.29) is 5.75 Å². The Bertz CT molecular complexity index is 1170. The monoisotopic (exact) mass is 469 g/mol. The summed E-state index contributed by atoms with van der Waals surface area (Å²) in [6, 6.07) is 19.7. The summed E-state index contributed by atoms with van der Waals surface area (Å²) >= 11 is 0. The number of nitrogens with zero attached hydrogens (tertiary/aromatic N) is 5. The van der Waals surface area contributed by atoms with Crippen LogP contribution in [-0.4, -0.2) is 32.0 Å². The lowest BCUT2D eigenvalue weighted by molar-refractivity contribution is -0.189. The molecule has 1 aliphatic heterocycles. The summed E-state index contributed by atoms with van der Waals surface area (Å²) in [5, 5.41) is 16.5. The molecule has 0 atom stereocenters. The summed E-state index contributed by atoms with van der Waals surface area (Å²) in [7, 11) is 0. The molecule has 1 heterocycles. The van der Waals surface area contributed by atoms with Crippen molar-refractivity contribution in [2.75, 3.05) is 24.8 Å². The van der Waals surface area contributed by atoms with Crippen LogP contribution in [0.15, 0.2) is 93.3 Å². The molecule has 3 aromatic carbocycles. The van der Waals surface area contributed by atoms with Gasteiger partial charge in [-0.15, -0.1) is 0 Å². The van der Waals surface area contributed by atoms with Gasteiger partial charge < -0.3 is 14.4 Å². The van der Waals surface area contributed by atoms with Crippen LogP contribution in [0.5, 0.6) is 5.75 Å². The van der Waals surface area contributed by atoms with Crippen LogP contribution >= 0.6 is 0 Å². The first-order valence-electron chi connectivity index (χ1n) is 10.1. The number of halogens is 3. The van der Waals surface area contributed by atoms with Crippen LogP contribution < -0.4 is 9.64 Å². The summed E-state index contributed by atoms with van der Waals surface area (Å²) in [5.41, 5.74) is 3.34. The Kier molecular flexibility index (Phi) is 6.93. The first-order valence-corrected chi connectivity index (χ1v) is 10.1. The van der Waals surface area contributed by atoms with E-state index in [1.807, 2.05) is 24.3 Å². The van der Waals surface area contributed by atoms with Crippen LogP contribution in [0.4, 0.5) is 41.6 Å². The Morgan fingerprint density at radius 1 is 0.765 bits per heavy atom. The number of benzene rings is 3.